The van der Waals surface area contributed by atoms with Crippen LogP contribution in [0.4, 0.5) is 5.69 Å². The molecule has 2 unspecified atom stereocenters. The molecule has 1 heterocycles. The number of hydrogen-bond acceptors (Lipinski definition) is 3. The summed E-state index contributed by atoms with van der Waals surface area (Å²) in [6.07, 6.45) is 1.44. The second-order valence-electron chi connectivity index (χ2n) is 4.06. The van der Waals surface area contributed by atoms with Gasteiger partial charge in [-0.15, -0.1) is 0 Å². The highest BCUT2D eigenvalue weighted by Gasteiger charge is 2.26. The quantitative estimate of drug-likeness (QED) is 0.689. The molecule has 1 aliphatic heterocycles. The molecule has 1 aromatic rings. The first-order chi connectivity index (χ1) is 7.26. The Bertz CT molecular complexity index is 351. The zero-order chi connectivity index (χ0) is 10.8. The second kappa shape index (κ2) is 4.21. The Balaban J connectivity index is 2.23. The van der Waals surface area contributed by atoms with Gasteiger partial charge in [0.15, 0.2) is 0 Å². The van der Waals surface area contributed by atoms with E-state index in [0.29, 0.717) is 6.54 Å². The van der Waals surface area contributed by atoms with Gasteiger partial charge in [-0.3, -0.25) is 0 Å². The van der Waals surface area contributed by atoms with Crippen LogP contribution in [0.5, 0.6) is 0 Å². The number of para-hydroxylation sites is 1. The van der Waals surface area contributed by atoms with Crippen molar-refractivity contribution in [1.82, 2.24) is 0 Å². The Morgan fingerprint density at radius 3 is 3.07 bits per heavy atom. The van der Waals surface area contributed by atoms with Crippen LogP contribution in [0.3, 0.4) is 0 Å². The van der Waals surface area contributed by atoms with E-state index in [1.165, 1.54) is 16.8 Å². The molecule has 3 nitrogen and oxygen atoms in total. The monoisotopic (exact) mass is 206 g/mol. The fourth-order valence-corrected chi connectivity index (χ4v) is 2.17. The third kappa shape index (κ3) is 1.85. The maximum atomic E-state index is 9.71. The Hall–Kier alpha value is -1.06. The zero-order valence-corrected chi connectivity index (χ0v) is 9.03. The number of rotatable bonds is 3. The maximum Gasteiger partial charge on any atom is 0.0866 e. The van der Waals surface area contributed by atoms with Gasteiger partial charge >= 0.3 is 0 Å². The number of anilines is 1. The molecule has 2 atom stereocenters. The summed E-state index contributed by atoms with van der Waals surface area (Å²) in [7, 11) is 0. The Kier molecular flexibility index (Phi) is 2.93. The topological polar surface area (TPSA) is 58.3 Å². The molecule has 0 bridgehead atoms. The van der Waals surface area contributed by atoms with Crippen molar-refractivity contribution in [3.05, 3.63) is 29.3 Å². The van der Waals surface area contributed by atoms with Crippen molar-refractivity contribution >= 4 is 5.69 Å². The predicted molar refractivity (Wildman–Crippen MR) is 62.0 cm³/mol. The number of aliphatic hydroxyl groups excluding tert-OH is 1. The summed E-state index contributed by atoms with van der Waals surface area (Å²) in [6.45, 7) is 2.46. The van der Waals surface area contributed by atoms with E-state index in [0.717, 1.165) is 12.8 Å². The smallest absolute Gasteiger partial charge is 0.0866 e. The van der Waals surface area contributed by atoms with Crippen molar-refractivity contribution in [1.29, 1.82) is 0 Å². The van der Waals surface area contributed by atoms with E-state index in [1.54, 1.807) is 0 Å². The van der Waals surface area contributed by atoms with Crippen molar-refractivity contribution < 1.29 is 5.11 Å². The Morgan fingerprint density at radius 1 is 1.60 bits per heavy atom. The molecule has 0 saturated carbocycles. The van der Waals surface area contributed by atoms with Crippen LogP contribution in [0.2, 0.25) is 0 Å². The first kappa shape index (κ1) is 10.5. The van der Waals surface area contributed by atoms with E-state index in [4.69, 9.17) is 5.73 Å². The first-order valence-electron chi connectivity index (χ1n) is 5.51. The molecule has 0 saturated heterocycles. The molecule has 15 heavy (non-hydrogen) atoms. The third-order valence-corrected chi connectivity index (χ3v) is 3.09. The maximum absolute atomic E-state index is 9.71. The van der Waals surface area contributed by atoms with Crippen LogP contribution >= 0.6 is 0 Å². The van der Waals surface area contributed by atoms with Crippen molar-refractivity contribution in [2.45, 2.75) is 31.9 Å². The number of fused-ring (bicyclic) bond motifs is 1. The molecule has 1 aliphatic rings. The summed E-state index contributed by atoms with van der Waals surface area (Å²) < 4.78 is 0. The summed E-state index contributed by atoms with van der Waals surface area (Å²) in [5.74, 6) is 0. The fraction of sp³-hybridized carbons (Fsp3) is 0.500. The Morgan fingerprint density at radius 2 is 2.40 bits per heavy atom. The highest BCUT2D eigenvalue weighted by molar-refractivity contribution is 5.62. The van der Waals surface area contributed by atoms with Crippen LogP contribution in [-0.2, 0) is 12.8 Å². The summed E-state index contributed by atoms with van der Waals surface area (Å²) in [5.41, 5.74) is 9.29. The number of benzene rings is 1. The minimum absolute atomic E-state index is 0.0812. The molecule has 0 radical (unpaired) electrons. The number of nitrogens with one attached hydrogen (secondary N) is 1. The molecule has 3 heteroatoms. The predicted octanol–water partition coefficient (Wildman–Crippen LogP) is 0.905. The minimum Gasteiger partial charge on any atom is -0.390 e. The average molecular weight is 206 g/mol. The number of nitrogens with two attached hydrogens (primary N) is 1. The van der Waals surface area contributed by atoms with Crippen LogP contribution in [0.1, 0.15) is 18.1 Å². The molecule has 0 spiro atoms. The highest BCUT2D eigenvalue weighted by Crippen LogP contribution is 2.30. The molecular weight excluding hydrogens is 188 g/mol. The van der Waals surface area contributed by atoms with Gasteiger partial charge in [0, 0.05) is 12.2 Å². The van der Waals surface area contributed by atoms with Gasteiger partial charge in [0.05, 0.1) is 12.1 Å². The van der Waals surface area contributed by atoms with Gasteiger partial charge in [0.25, 0.3) is 0 Å². The summed E-state index contributed by atoms with van der Waals surface area (Å²) >= 11 is 0. The van der Waals surface area contributed by atoms with Crippen LogP contribution < -0.4 is 11.1 Å². The fourth-order valence-electron chi connectivity index (χ4n) is 2.17. The van der Waals surface area contributed by atoms with Crippen molar-refractivity contribution in [2.24, 2.45) is 5.73 Å². The summed E-state index contributed by atoms with van der Waals surface area (Å²) in [4.78, 5) is 0. The average Bonchev–Trinajstić information content (AvgIpc) is 2.71. The molecule has 0 aromatic heterocycles. The molecular formula is C12H18N2O. The number of hydrogen-bond donors (Lipinski definition) is 3. The van der Waals surface area contributed by atoms with E-state index in [9.17, 15) is 5.11 Å². The van der Waals surface area contributed by atoms with Crippen LogP contribution in [0.25, 0.3) is 0 Å². The Labute approximate surface area is 90.3 Å². The molecule has 0 amide bonds. The van der Waals surface area contributed by atoms with Gasteiger partial charge in [0.1, 0.15) is 0 Å². The van der Waals surface area contributed by atoms with E-state index in [1.807, 2.05) is 0 Å². The van der Waals surface area contributed by atoms with Crippen LogP contribution in [-0.4, -0.2) is 23.8 Å². The lowest BCUT2D eigenvalue weighted by atomic mass is 10.0. The SMILES string of the molecule is CCc1cccc2c1NC(C(O)CN)C2. The van der Waals surface area contributed by atoms with Gasteiger partial charge in [-0.05, 0) is 24.0 Å². The largest absolute Gasteiger partial charge is 0.390 e. The third-order valence-electron chi connectivity index (χ3n) is 3.09. The molecule has 4 N–H and O–H groups in total. The molecule has 82 valence electrons. The van der Waals surface area contributed by atoms with E-state index in [2.05, 4.69) is 30.4 Å². The number of aliphatic hydroxyl groups is 1. The van der Waals surface area contributed by atoms with Crippen molar-refractivity contribution in [3.8, 4) is 0 Å². The lowest BCUT2D eigenvalue weighted by Crippen LogP contribution is -2.37. The van der Waals surface area contributed by atoms with Gasteiger partial charge in [-0.1, -0.05) is 25.1 Å². The minimum atomic E-state index is -0.456. The molecule has 2 rings (SSSR count). The van der Waals surface area contributed by atoms with E-state index < -0.39 is 6.10 Å². The molecule has 1 aromatic carbocycles. The van der Waals surface area contributed by atoms with Crippen molar-refractivity contribution in [2.75, 3.05) is 11.9 Å². The van der Waals surface area contributed by atoms with Gasteiger partial charge in [-0.25, -0.2) is 0 Å². The van der Waals surface area contributed by atoms with Gasteiger partial charge in [0.2, 0.25) is 0 Å². The zero-order valence-electron chi connectivity index (χ0n) is 9.03. The lowest BCUT2D eigenvalue weighted by molar-refractivity contribution is 0.162. The standard InChI is InChI=1S/C12H18N2O/c1-2-8-4-3-5-9-6-10(11(15)7-13)14-12(8)9/h3-5,10-11,14-15H,2,6-7,13H2,1H3. The summed E-state index contributed by atoms with van der Waals surface area (Å²) in [5, 5.41) is 13.1. The second-order valence-corrected chi connectivity index (χ2v) is 4.06. The van der Waals surface area contributed by atoms with Gasteiger partial charge in [-0.2, -0.15) is 0 Å². The van der Waals surface area contributed by atoms with E-state index >= 15 is 0 Å². The van der Waals surface area contributed by atoms with Crippen LogP contribution in [0.15, 0.2) is 18.2 Å². The van der Waals surface area contributed by atoms with Crippen molar-refractivity contribution in [3.63, 3.8) is 0 Å². The molecule has 0 aliphatic carbocycles. The normalized spacial score (nSPS) is 20.9. The van der Waals surface area contributed by atoms with Crippen LogP contribution in [0, 0.1) is 0 Å². The molecule has 0 fully saturated rings. The van der Waals surface area contributed by atoms with Gasteiger partial charge < -0.3 is 16.2 Å². The first-order valence-corrected chi connectivity index (χ1v) is 5.51. The van der Waals surface area contributed by atoms with E-state index in [-0.39, 0.29) is 6.04 Å². The number of aryl methyl sites for hydroxylation is 1. The highest BCUT2D eigenvalue weighted by atomic mass is 16.3. The summed E-state index contributed by atoms with van der Waals surface area (Å²) in [6, 6.07) is 6.40. The lowest BCUT2D eigenvalue weighted by Gasteiger charge is -2.17.